The Hall–Kier alpha value is -3.69. The Morgan fingerprint density at radius 3 is 2.54 bits per heavy atom. The van der Waals surface area contributed by atoms with Crippen LogP contribution in [0.5, 0.6) is 0 Å². The van der Waals surface area contributed by atoms with E-state index in [9.17, 15) is 14.0 Å². The number of allylic oxidation sites excluding steroid dienone is 2. The third-order valence-corrected chi connectivity index (χ3v) is 5.56. The Kier molecular flexibility index (Phi) is 11.5. The maximum absolute atomic E-state index is 13.4. The van der Waals surface area contributed by atoms with Crippen molar-refractivity contribution in [3.05, 3.63) is 102 Å². The summed E-state index contributed by atoms with van der Waals surface area (Å²) >= 11 is 1.68. The molecule has 2 aromatic heterocycles. The number of benzene rings is 1. The molecule has 0 aliphatic heterocycles. The first kappa shape index (κ1) is 27.6. The number of H-pyrrole nitrogens is 1. The van der Waals surface area contributed by atoms with Gasteiger partial charge < -0.3 is 10.3 Å². The van der Waals surface area contributed by atoms with Crippen molar-refractivity contribution >= 4 is 23.6 Å². The molecule has 9 heteroatoms. The summed E-state index contributed by atoms with van der Waals surface area (Å²) < 4.78 is 13.4. The van der Waals surface area contributed by atoms with Crippen LogP contribution < -0.4 is 10.8 Å². The molecule has 2 heterocycles. The summed E-state index contributed by atoms with van der Waals surface area (Å²) in [5, 5.41) is 11.5. The standard InChI is InChI=1S/C24H23FN4O3S.C2H6/c1-2-3-4-11-33-15-20-12-21(16-5-8-18(25)9-6-16)22(28-20)24(31)27-14-19-10-7-17(13-26-19)23(30)29-32;1-2/h2-10,12-13,28,32H,1,11,14-15H2,(H,27,31)(H,29,30);1-2H3/b4-3-;. The first-order valence-electron chi connectivity index (χ1n) is 11.0. The molecular formula is C26H29FN4O3S. The maximum atomic E-state index is 13.4. The number of aromatic amines is 1. The molecule has 4 N–H and O–H groups in total. The summed E-state index contributed by atoms with van der Waals surface area (Å²) in [7, 11) is 0. The van der Waals surface area contributed by atoms with Gasteiger partial charge in [-0.25, -0.2) is 9.87 Å². The molecule has 0 fully saturated rings. The van der Waals surface area contributed by atoms with Crippen molar-refractivity contribution in [2.75, 3.05) is 5.75 Å². The van der Waals surface area contributed by atoms with E-state index in [0.29, 0.717) is 22.7 Å². The van der Waals surface area contributed by atoms with Crippen LogP contribution in [0.1, 0.15) is 46.1 Å². The molecule has 3 aromatic rings. The molecule has 0 atom stereocenters. The van der Waals surface area contributed by atoms with E-state index in [1.165, 1.54) is 29.9 Å². The quantitative estimate of drug-likeness (QED) is 0.132. The van der Waals surface area contributed by atoms with Crippen molar-refractivity contribution < 1.29 is 19.2 Å². The third-order valence-electron chi connectivity index (χ3n) is 4.62. The van der Waals surface area contributed by atoms with E-state index in [1.54, 1.807) is 36.0 Å². The summed E-state index contributed by atoms with van der Waals surface area (Å²) in [5.41, 5.74) is 4.91. The van der Waals surface area contributed by atoms with Gasteiger partial charge in [-0.1, -0.05) is 50.8 Å². The van der Waals surface area contributed by atoms with Gasteiger partial charge in [0.15, 0.2) is 0 Å². The number of carbonyl (C=O) groups excluding carboxylic acids is 2. The van der Waals surface area contributed by atoms with E-state index < -0.39 is 5.91 Å². The fraction of sp³-hybridized carbons (Fsp3) is 0.192. The minimum atomic E-state index is -0.668. The van der Waals surface area contributed by atoms with Crippen molar-refractivity contribution in [1.29, 1.82) is 0 Å². The number of hydrogen-bond donors (Lipinski definition) is 4. The average Bonchev–Trinajstić information content (AvgIpc) is 3.33. The lowest BCUT2D eigenvalue weighted by Gasteiger charge is -2.07. The van der Waals surface area contributed by atoms with Crippen LogP contribution in [0, 0.1) is 5.82 Å². The highest BCUT2D eigenvalue weighted by Crippen LogP contribution is 2.27. The first-order valence-corrected chi connectivity index (χ1v) is 12.2. The number of amides is 2. The van der Waals surface area contributed by atoms with Crippen molar-refractivity contribution in [2.24, 2.45) is 0 Å². The van der Waals surface area contributed by atoms with Gasteiger partial charge in [-0.15, -0.1) is 0 Å². The fourth-order valence-electron chi connectivity index (χ4n) is 3.00. The van der Waals surface area contributed by atoms with Crippen LogP contribution in [0.3, 0.4) is 0 Å². The van der Waals surface area contributed by atoms with Crippen LogP contribution in [-0.4, -0.2) is 32.7 Å². The molecule has 0 bridgehead atoms. The average molecular weight is 497 g/mol. The van der Waals surface area contributed by atoms with Crippen LogP contribution in [0.2, 0.25) is 0 Å². The normalized spacial score (nSPS) is 10.4. The number of thioether (sulfide) groups is 1. The zero-order valence-electron chi connectivity index (χ0n) is 19.7. The number of nitrogens with one attached hydrogen (secondary N) is 3. The summed E-state index contributed by atoms with van der Waals surface area (Å²) in [6.45, 7) is 7.78. The number of rotatable bonds is 10. The molecule has 0 saturated heterocycles. The van der Waals surface area contributed by atoms with Gasteiger partial charge in [0.1, 0.15) is 11.5 Å². The minimum absolute atomic E-state index is 0.137. The molecule has 7 nitrogen and oxygen atoms in total. The van der Waals surface area contributed by atoms with Crippen molar-refractivity contribution in [1.82, 2.24) is 20.8 Å². The van der Waals surface area contributed by atoms with Crippen molar-refractivity contribution in [2.45, 2.75) is 26.1 Å². The summed E-state index contributed by atoms with van der Waals surface area (Å²) in [4.78, 5) is 31.6. The van der Waals surface area contributed by atoms with Gasteiger partial charge in [0.2, 0.25) is 0 Å². The van der Waals surface area contributed by atoms with E-state index in [1.807, 2.05) is 32.1 Å². The lowest BCUT2D eigenvalue weighted by molar-refractivity contribution is 0.0705. The van der Waals surface area contributed by atoms with Gasteiger partial charge in [-0.3, -0.25) is 19.8 Å². The fourth-order valence-corrected chi connectivity index (χ4v) is 3.74. The lowest BCUT2D eigenvalue weighted by Crippen LogP contribution is -2.24. The number of hydroxylamine groups is 1. The highest BCUT2D eigenvalue weighted by atomic mass is 32.2. The van der Waals surface area contributed by atoms with E-state index in [0.717, 1.165) is 17.0 Å². The summed E-state index contributed by atoms with van der Waals surface area (Å²) in [6, 6.07) is 10.9. The van der Waals surface area contributed by atoms with Crippen molar-refractivity contribution in [3.8, 4) is 11.1 Å². The lowest BCUT2D eigenvalue weighted by atomic mass is 10.1. The van der Waals surface area contributed by atoms with E-state index in [4.69, 9.17) is 5.21 Å². The van der Waals surface area contributed by atoms with Gasteiger partial charge in [0.25, 0.3) is 11.8 Å². The first-order chi connectivity index (χ1) is 17.0. The topological polar surface area (TPSA) is 107 Å². The minimum Gasteiger partial charge on any atom is -0.353 e. The van der Waals surface area contributed by atoms with Gasteiger partial charge >= 0.3 is 0 Å². The Morgan fingerprint density at radius 1 is 1.17 bits per heavy atom. The monoisotopic (exact) mass is 496 g/mol. The van der Waals surface area contributed by atoms with Gasteiger partial charge in [0, 0.05) is 29.0 Å². The molecule has 0 spiro atoms. The zero-order valence-corrected chi connectivity index (χ0v) is 20.5. The molecular weight excluding hydrogens is 467 g/mol. The SMILES string of the molecule is C=C/C=C\CSCc1cc(-c2ccc(F)cc2)c(C(=O)NCc2ccc(C(=O)NO)cn2)[nH]1.CC. The number of hydrogen-bond acceptors (Lipinski definition) is 5. The number of nitrogens with zero attached hydrogens (tertiary/aromatic N) is 1. The molecule has 35 heavy (non-hydrogen) atoms. The Morgan fingerprint density at radius 2 is 1.91 bits per heavy atom. The van der Waals surface area contributed by atoms with E-state index in [-0.39, 0.29) is 23.8 Å². The highest BCUT2D eigenvalue weighted by Gasteiger charge is 2.17. The smallest absolute Gasteiger partial charge is 0.276 e. The van der Waals surface area contributed by atoms with Crippen LogP contribution in [0.25, 0.3) is 11.1 Å². The molecule has 2 amide bonds. The summed E-state index contributed by atoms with van der Waals surface area (Å²) in [6.07, 6.45) is 6.90. The van der Waals surface area contributed by atoms with Crippen molar-refractivity contribution in [3.63, 3.8) is 0 Å². The Bertz CT molecular complexity index is 1140. The number of pyridine rings is 1. The largest absolute Gasteiger partial charge is 0.353 e. The zero-order chi connectivity index (χ0) is 25.6. The predicted molar refractivity (Wildman–Crippen MR) is 138 cm³/mol. The van der Waals surface area contributed by atoms with Gasteiger partial charge in [-0.2, -0.15) is 11.8 Å². The molecule has 0 radical (unpaired) electrons. The Labute approximate surface area is 208 Å². The predicted octanol–water partition coefficient (Wildman–Crippen LogP) is 5.27. The maximum Gasteiger partial charge on any atom is 0.276 e. The molecule has 1 aromatic carbocycles. The third kappa shape index (κ3) is 8.24. The molecule has 3 rings (SSSR count). The molecule has 0 aliphatic rings. The second kappa shape index (κ2) is 14.5. The van der Waals surface area contributed by atoms with Crippen LogP contribution >= 0.6 is 11.8 Å². The van der Waals surface area contributed by atoms with Crippen LogP contribution in [0.4, 0.5) is 4.39 Å². The molecule has 0 aliphatic carbocycles. The van der Waals surface area contributed by atoms with E-state index in [2.05, 4.69) is 21.9 Å². The second-order valence-corrected chi connectivity index (χ2v) is 7.96. The van der Waals surface area contributed by atoms with Crippen LogP contribution in [0.15, 0.2) is 73.5 Å². The molecule has 0 saturated carbocycles. The number of halogens is 1. The van der Waals surface area contributed by atoms with Gasteiger partial charge in [-0.05, 0) is 35.9 Å². The molecule has 0 unspecified atom stereocenters. The van der Waals surface area contributed by atoms with Gasteiger partial charge in [0.05, 0.1) is 17.8 Å². The van der Waals surface area contributed by atoms with E-state index >= 15 is 0 Å². The number of aromatic nitrogens is 2. The summed E-state index contributed by atoms with van der Waals surface area (Å²) in [5.74, 6) is 0.109. The highest BCUT2D eigenvalue weighted by molar-refractivity contribution is 7.98. The van der Waals surface area contributed by atoms with Crippen LogP contribution in [-0.2, 0) is 12.3 Å². The second-order valence-electron chi connectivity index (χ2n) is 6.93. The number of carbonyl (C=O) groups is 2. The molecule has 184 valence electrons. The Balaban J connectivity index is 0.00000210.